The van der Waals surface area contributed by atoms with Crippen molar-refractivity contribution in [3.05, 3.63) is 0 Å². The van der Waals surface area contributed by atoms with Crippen LogP contribution in [0.15, 0.2) is 0 Å². The Morgan fingerprint density at radius 1 is 0.800 bits per heavy atom. The average Bonchev–Trinajstić information content (AvgIpc) is 2.64. The molecular weight excluding hydrogens is 374 g/mol. The summed E-state index contributed by atoms with van der Waals surface area (Å²) in [5, 5.41) is 3.24. The van der Waals surface area contributed by atoms with Gasteiger partial charge in [0.05, 0.1) is 6.42 Å². The van der Waals surface area contributed by atoms with Gasteiger partial charge in [-0.05, 0) is 130 Å². The second-order valence-electron chi connectivity index (χ2n) is 12.8. The van der Waals surface area contributed by atoms with Gasteiger partial charge in [-0.1, -0.05) is 0 Å². The van der Waals surface area contributed by atoms with Gasteiger partial charge in [0.15, 0.2) is 6.61 Å². The second kappa shape index (κ2) is 6.97. The van der Waals surface area contributed by atoms with E-state index in [1.54, 1.807) is 0 Å². The Morgan fingerprint density at radius 3 is 1.70 bits per heavy atom. The first kappa shape index (κ1) is 19.6. The van der Waals surface area contributed by atoms with E-state index in [1.165, 1.54) is 77.0 Å². The Balaban J connectivity index is 1.00. The number of rotatable bonds is 6. The fourth-order valence-corrected chi connectivity index (χ4v) is 10.2. The highest BCUT2D eigenvalue weighted by Gasteiger charge is 2.54. The van der Waals surface area contributed by atoms with Crippen LogP contribution in [0.5, 0.6) is 0 Å². The highest BCUT2D eigenvalue weighted by Crippen LogP contribution is 2.62. The maximum absolute atomic E-state index is 12.6. The van der Waals surface area contributed by atoms with Crippen molar-refractivity contribution in [3.63, 3.8) is 0 Å². The second-order valence-corrected chi connectivity index (χ2v) is 12.8. The summed E-state index contributed by atoms with van der Waals surface area (Å²) in [5.74, 6) is 4.93. The van der Waals surface area contributed by atoms with E-state index < -0.39 is 0 Å². The normalized spacial score (nSPS) is 48.6. The number of ether oxygens (including phenoxy) is 1. The van der Waals surface area contributed by atoms with Gasteiger partial charge < -0.3 is 10.1 Å². The molecular formula is C26H39NO3. The molecule has 0 unspecified atom stereocenters. The van der Waals surface area contributed by atoms with E-state index in [2.05, 4.69) is 12.2 Å². The highest BCUT2D eigenvalue weighted by atomic mass is 16.5. The van der Waals surface area contributed by atoms with Gasteiger partial charge in [0, 0.05) is 6.04 Å². The molecule has 8 aliphatic rings. The van der Waals surface area contributed by atoms with E-state index in [-0.39, 0.29) is 29.9 Å². The zero-order valence-corrected chi connectivity index (χ0v) is 18.7. The molecule has 0 aliphatic heterocycles. The minimum atomic E-state index is -0.144. The van der Waals surface area contributed by atoms with E-state index >= 15 is 0 Å². The molecule has 166 valence electrons. The van der Waals surface area contributed by atoms with Gasteiger partial charge in [-0.15, -0.1) is 0 Å². The number of amides is 1. The van der Waals surface area contributed by atoms with Gasteiger partial charge in [0.25, 0.3) is 5.91 Å². The molecule has 0 spiro atoms. The number of carbonyl (C=O) groups excluding carboxylic acids is 2. The monoisotopic (exact) mass is 413 g/mol. The molecule has 0 heterocycles. The van der Waals surface area contributed by atoms with Crippen LogP contribution in [0.3, 0.4) is 0 Å². The SMILES string of the molecule is C[C@@H](NC(=O)COC(=O)CC12CC3CC(CC(C3)C1)C2)C12CC3CC(CC(C3)C1)C2. The lowest BCUT2D eigenvalue weighted by Crippen LogP contribution is -2.56. The summed E-state index contributed by atoms with van der Waals surface area (Å²) < 4.78 is 5.51. The van der Waals surface area contributed by atoms with Gasteiger partial charge in [-0.3, -0.25) is 9.59 Å². The van der Waals surface area contributed by atoms with Crippen LogP contribution in [0.25, 0.3) is 0 Å². The Bertz CT molecular complexity index is 657. The summed E-state index contributed by atoms with van der Waals surface area (Å²) in [7, 11) is 0. The first-order valence-electron chi connectivity index (χ1n) is 12.8. The lowest BCUT2D eigenvalue weighted by Gasteiger charge is -2.59. The van der Waals surface area contributed by atoms with Crippen LogP contribution in [0.1, 0.15) is 90.4 Å². The van der Waals surface area contributed by atoms with Crippen LogP contribution in [0.4, 0.5) is 0 Å². The van der Waals surface area contributed by atoms with E-state index in [0.717, 1.165) is 35.5 Å². The predicted octanol–water partition coefficient (Wildman–Crippen LogP) is 4.86. The molecule has 30 heavy (non-hydrogen) atoms. The molecule has 0 aromatic heterocycles. The predicted molar refractivity (Wildman–Crippen MR) is 114 cm³/mol. The highest BCUT2D eigenvalue weighted by molar-refractivity contribution is 5.81. The topological polar surface area (TPSA) is 55.4 Å². The summed E-state index contributed by atoms with van der Waals surface area (Å²) in [5.41, 5.74) is 0.489. The van der Waals surface area contributed by atoms with E-state index in [9.17, 15) is 9.59 Å². The molecule has 0 radical (unpaired) electrons. The molecule has 8 aliphatic carbocycles. The number of hydrogen-bond donors (Lipinski definition) is 1. The van der Waals surface area contributed by atoms with Crippen LogP contribution in [0, 0.1) is 46.3 Å². The van der Waals surface area contributed by atoms with E-state index in [1.807, 2.05) is 0 Å². The number of hydrogen-bond acceptors (Lipinski definition) is 3. The van der Waals surface area contributed by atoms with Gasteiger partial charge >= 0.3 is 5.97 Å². The lowest BCUT2D eigenvalue weighted by molar-refractivity contribution is -0.156. The Kier molecular flexibility index (Phi) is 4.56. The van der Waals surface area contributed by atoms with E-state index in [0.29, 0.717) is 11.8 Å². The van der Waals surface area contributed by atoms with Crippen molar-refractivity contribution in [3.8, 4) is 0 Å². The number of carbonyl (C=O) groups is 2. The smallest absolute Gasteiger partial charge is 0.306 e. The van der Waals surface area contributed by atoms with Crippen LogP contribution in [-0.2, 0) is 14.3 Å². The van der Waals surface area contributed by atoms with Crippen molar-refractivity contribution in [1.82, 2.24) is 5.32 Å². The Labute approximate surface area is 181 Å². The molecule has 0 aromatic carbocycles. The van der Waals surface area contributed by atoms with E-state index in [4.69, 9.17) is 4.74 Å². The maximum atomic E-state index is 12.6. The fraction of sp³-hybridized carbons (Fsp3) is 0.923. The third-order valence-electron chi connectivity index (χ3n) is 10.4. The molecule has 8 saturated carbocycles. The summed E-state index contributed by atoms with van der Waals surface area (Å²) in [6.07, 6.45) is 16.4. The van der Waals surface area contributed by atoms with Crippen molar-refractivity contribution in [1.29, 1.82) is 0 Å². The first-order chi connectivity index (χ1) is 14.4. The van der Waals surface area contributed by atoms with Crippen molar-refractivity contribution in [2.45, 2.75) is 96.4 Å². The van der Waals surface area contributed by atoms with Crippen molar-refractivity contribution in [2.75, 3.05) is 6.61 Å². The van der Waals surface area contributed by atoms with Crippen LogP contribution < -0.4 is 5.32 Å². The minimum absolute atomic E-state index is 0.0953. The van der Waals surface area contributed by atoms with Gasteiger partial charge in [0.1, 0.15) is 0 Å². The first-order valence-corrected chi connectivity index (χ1v) is 12.8. The van der Waals surface area contributed by atoms with Crippen molar-refractivity contribution < 1.29 is 14.3 Å². The summed E-state index contributed by atoms with van der Waals surface area (Å²) in [4.78, 5) is 25.3. The molecule has 8 bridgehead atoms. The lowest BCUT2D eigenvalue weighted by atomic mass is 9.48. The largest absolute Gasteiger partial charge is 0.456 e. The number of esters is 1. The fourth-order valence-electron chi connectivity index (χ4n) is 10.2. The standard InChI is InChI=1S/C26H39NO3/c1-16(26-11-20-5-21(12-26)7-22(6-20)13-26)27-23(28)15-30-24(29)14-25-8-17-2-18(9-25)4-19(3-17)10-25/h16-22H,2-15H2,1H3,(H,27,28)/t16-,17?,18?,19?,20?,21?,22?,25?,26?/m1/s1. The van der Waals surface area contributed by atoms with Crippen molar-refractivity contribution in [2.24, 2.45) is 46.3 Å². The molecule has 1 atom stereocenters. The Morgan fingerprint density at radius 2 is 1.23 bits per heavy atom. The van der Waals surface area contributed by atoms with Crippen molar-refractivity contribution >= 4 is 11.9 Å². The minimum Gasteiger partial charge on any atom is -0.456 e. The van der Waals surface area contributed by atoms with Crippen LogP contribution in [-0.4, -0.2) is 24.5 Å². The Hall–Kier alpha value is -1.06. The zero-order valence-electron chi connectivity index (χ0n) is 18.7. The summed E-state index contributed by atoms with van der Waals surface area (Å²) >= 11 is 0. The molecule has 0 saturated heterocycles. The van der Waals surface area contributed by atoms with Gasteiger partial charge in [-0.25, -0.2) is 0 Å². The molecule has 8 fully saturated rings. The quantitative estimate of drug-likeness (QED) is 0.633. The number of nitrogens with one attached hydrogen (secondary N) is 1. The molecule has 0 aromatic rings. The molecule has 4 nitrogen and oxygen atoms in total. The molecule has 1 amide bonds. The summed E-state index contributed by atoms with van der Waals surface area (Å²) in [6, 6.07) is 0.195. The molecule has 4 heteroatoms. The van der Waals surface area contributed by atoms with Crippen LogP contribution in [0.2, 0.25) is 0 Å². The van der Waals surface area contributed by atoms with Crippen LogP contribution >= 0.6 is 0 Å². The maximum Gasteiger partial charge on any atom is 0.306 e. The zero-order chi connectivity index (χ0) is 20.5. The molecule has 1 N–H and O–H groups in total. The third kappa shape index (κ3) is 3.41. The van der Waals surface area contributed by atoms with Gasteiger partial charge in [-0.2, -0.15) is 0 Å². The molecule has 8 rings (SSSR count). The summed E-state index contributed by atoms with van der Waals surface area (Å²) in [6.45, 7) is 2.10. The average molecular weight is 414 g/mol. The van der Waals surface area contributed by atoms with Gasteiger partial charge in [0.2, 0.25) is 0 Å². The third-order valence-corrected chi connectivity index (χ3v) is 10.4.